The summed E-state index contributed by atoms with van der Waals surface area (Å²) in [4.78, 5) is 11.7. The van der Waals surface area contributed by atoms with E-state index in [1.54, 1.807) is 0 Å². The highest BCUT2D eigenvalue weighted by atomic mass is 16.5. The Morgan fingerprint density at radius 3 is 2.21 bits per heavy atom. The Hall–Kier alpha value is -4.21. The summed E-state index contributed by atoms with van der Waals surface area (Å²) in [6.45, 7) is 10.1. The van der Waals surface area contributed by atoms with Crippen molar-refractivity contribution in [2.75, 3.05) is 0 Å². The maximum atomic E-state index is 11.7. The van der Waals surface area contributed by atoms with Crippen LogP contribution in [0.2, 0.25) is 0 Å². The van der Waals surface area contributed by atoms with E-state index in [-0.39, 0.29) is 29.1 Å². The number of benzene rings is 2. The summed E-state index contributed by atoms with van der Waals surface area (Å²) in [5.41, 5.74) is 3.26. The van der Waals surface area contributed by atoms with Gasteiger partial charge in [0.25, 0.3) is 0 Å². The fourth-order valence-corrected chi connectivity index (χ4v) is 5.95. The molecule has 2 unspecified atom stereocenters. The number of hydrogen-bond acceptors (Lipinski definition) is 8. The average Bonchev–Trinajstić information content (AvgIpc) is 3.62. The Balaban J connectivity index is 0.000000171. The van der Waals surface area contributed by atoms with Crippen LogP contribution in [-0.4, -0.2) is 46.4 Å². The number of allylic oxidation sites excluding steroid dienone is 1. The van der Waals surface area contributed by atoms with Crippen molar-refractivity contribution >= 4 is 17.6 Å². The summed E-state index contributed by atoms with van der Waals surface area (Å²) in [6, 6.07) is 20.2. The van der Waals surface area contributed by atoms with Gasteiger partial charge in [-0.3, -0.25) is 4.79 Å². The molecule has 4 heterocycles. The van der Waals surface area contributed by atoms with Gasteiger partial charge in [-0.2, -0.15) is 0 Å². The molecule has 42 heavy (non-hydrogen) atoms. The first-order valence-corrected chi connectivity index (χ1v) is 14.7. The lowest BCUT2D eigenvalue weighted by atomic mass is 9.90. The van der Waals surface area contributed by atoms with Crippen LogP contribution in [-0.2, 0) is 20.6 Å². The van der Waals surface area contributed by atoms with Crippen LogP contribution in [0.25, 0.3) is 11.6 Å². The number of hydrogen-bond donors (Lipinski definition) is 0. The quantitative estimate of drug-likeness (QED) is 0.271. The summed E-state index contributed by atoms with van der Waals surface area (Å²) < 4.78 is 9.54. The average molecular weight is 569 g/mol. The number of fused-ring (bicyclic) bond motifs is 2. The van der Waals surface area contributed by atoms with Crippen LogP contribution in [0.1, 0.15) is 108 Å². The second-order valence-electron chi connectivity index (χ2n) is 12.4. The molecule has 2 aliphatic heterocycles. The normalized spacial score (nSPS) is 20.6. The molecule has 2 aromatic heterocycles. The predicted molar refractivity (Wildman–Crippen MR) is 160 cm³/mol. The molecule has 0 aliphatic carbocycles. The minimum absolute atomic E-state index is 0.00882. The second-order valence-corrected chi connectivity index (χ2v) is 12.4. The highest BCUT2D eigenvalue weighted by Gasteiger charge is 2.38. The maximum absolute atomic E-state index is 11.7. The van der Waals surface area contributed by atoms with Crippen LogP contribution in [0, 0.1) is 0 Å². The second kappa shape index (κ2) is 12.3. The fraction of sp³-hybridized carbons (Fsp3) is 0.469. The third-order valence-electron chi connectivity index (χ3n) is 8.19. The molecule has 2 aromatic carbocycles. The largest absolute Gasteiger partial charge is 0.457 e. The molecule has 2 aliphatic rings. The van der Waals surface area contributed by atoms with Crippen molar-refractivity contribution in [2.45, 2.75) is 96.2 Å². The molecule has 10 heteroatoms. The van der Waals surface area contributed by atoms with Crippen molar-refractivity contribution in [3.05, 3.63) is 83.4 Å². The molecule has 0 bridgehead atoms. The number of carbonyl (C=O) groups excluding carboxylic acids is 1. The Bertz CT molecular complexity index is 1510. The van der Waals surface area contributed by atoms with E-state index < -0.39 is 0 Å². The van der Waals surface area contributed by atoms with E-state index in [9.17, 15) is 4.79 Å². The Kier molecular flexibility index (Phi) is 8.61. The number of nitrogens with zero attached hydrogens (tertiary/aromatic N) is 8. The van der Waals surface area contributed by atoms with Gasteiger partial charge in [0.05, 0.1) is 17.0 Å². The molecule has 2 atom stereocenters. The lowest BCUT2D eigenvalue weighted by Gasteiger charge is -2.26. The zero-order valence-corrected chi connectivity index (χ0v) is 25.1. The fourth-order valence-electron chi connectivity index (χ4n) is 5.95. The van der Waals surface area contributed by atoms with Gasteiger partial charge in [0, 0.05) is 6.92 Å². The zero-order chi connectivity index (χ0) is 29.7. The molecule has 4 aromatic rings. The Morgan fingerprint density at radius 1 is 0.881 bits per heavy atom. The van der Waals surface area contributed by atoms with E-state index in [4.69, 9.17) is 4.74 Å². The summed E-state index contributed by atoms with van der Waals surface area (Å²) in [6.07, 6.45) is 8.00. The SMILES string of the molecule is CC(=O)OC(c1ccccc1)C1CCCC(C)(C)n2nnnc21.CC1(C)CCCC(=Cc2ccccc2)c2nnnn21. The van der Waals surface area contributed by atoms with Crippen molar-refractivity contribution in [3.8, 4) is 0 Å². The number of carbonyl (C=O) groups is 1. The van der Waals surface area contributed by atoms with Crippen molar-refractivity contribution in [1.29, 1.82) is 0 Å². The molecular weight excluding hydrogens is 528 g/mol. The maximum Gasteiger partial charge on any atom is 0.303 e. The number of esters is 1. The topological polar surface area (TPSA) is 114 Å². The van der Waals surface area contributed by atoms with Gasteiger partial charge < -0.3 is 4.74 Å². The number of tetrazole rings is 2. The van der Waals surface area contributed by atoms with Crippen LogP contribution in [0.5, 0.6) is 0 Å². The van der Waals surface area contributed by atoms with E-state index in [0.29, 0.717) is 0 Å². The molecule has 6 rings (SSSR count). The molecule has 10 nitrogen and oxygen atoms in total. The Morgan fingerprint density at radius 2 is 1.50 bits per heavy atom. The van der Waals surface area contributed by atoms with E-state index in [1.807, 2.05) is 45.8 Å². The summed E-state index contributed by atoms with van der Waals surface area (Å²) in [7, 11) is 0. The van der Waals surface area contributed by atoms with Gasteiger partial charge in [-0.25, -0.2) is 9.36 Å². The molecule has 0 radical (unpaired) electrons. The van der Waals surface area contributed by atoms with E-state index >= 15 is 0 Å². The zero-order valence-electron chi connectivity index (χ0n) is 25.1. The molecular formula is C32H40N8O2. The van der Waals surface area contributed by atoms with Crippen LogP contribution >= 0.6 is 0 Å². The van der Waals surface area contributed by atoms with Gasteiger partial charge in [0.15, 0.2) is 11.6 Å². The molecule has 0 fully saturated rings. The highest BCUT2D eigenvalue weighted by Crippen LogP contribution is 2.42. The van der Waals surface area contributed by atoms with Crippen molar-refractivity contribution in [2.24, 2.45) is 0 Å². The van der Waals surface area contributed by atoms with Crippen LogP contribution in [0.3, 0.4) is 0 Å². The summed E-state index contributed by atoms with van der Waals surface area (Å²) in [5, 5.41) is 24.6. The van der Waals surface area contributed by atoms with Crippen LogP contribution in [0.4, 0.5) is 0 Å². The van der Waals surface area contributed by atoms with Crippen LogP contribution < -0.4 is 0 Å². The molecule has 0 spiro atoms. The molecule has 0 saturated heterocycles. The van der Waals surface area contributed by atoms with E-state index in [0.717, 1.165) is 55.7 Å². The molecule has 0 N–H and O–H groups in total. The molecule has 0 saturated carbocycles. The van der Waals surface area contributed by atoms with Crippen LogP contribution in [0.15, 0.2) is 60.7 Å². The van der Waals surface area contributed by atoms with Gasteiger partial charge in [0.2, 0.25) is 0 Å². The lowest BCUT2D eigenvalue weighted by molar-refractivity contribution is -0.148. The van der Waals surface area contributed by atoms with Crippen molar-refractivity contribution in [3.63, 3.8) is 0 Å². The monoisotopic (exact) mass is 568 g/mol. The van der Waals surface area contributed by atoms with Crippen molar-refractivity contribution < 1.29 is 9.53 Å². The van der Waals surface area contributed by atoms with E-state index in [2.05, 4.69) is 89.1 Å². The molecule has 0 amide bonds. The third-order valence-corrected chi connectivity index (χ3v) is 8.19. The van der Waals surface area contributed by atoms with Crippen molar-refractivity contribution in [1.82, 2.24) is 40.4 Å². The van der Waals surface area contributed by atoms with Gasteiger partial charge in [-0.05, 0) is 103 Å². The van der Waals surface area contributed by atoms with E-state index in [1.165, 1.54) is 18.1 Å². The first kappa shape index (κ1) is 29.3. The standard InChI is InChI=1S/C17H22N4O2.C15H18N4/c1-12(22)23-15(13-8-5-4-6-9-13)14-10-7-11-17(2,3)21-16(14)18-19-20-21;1-15(2)10-6-9-13(14-16-17-18-19(14)15)11-12-7-4-3-5-8-12/h4-6,8-9,14-15H,7,10-11H2,1-3H3;3-5,7-8,11H,6,9-10H2,1-2H3. The highest BCUT2D eigenvalue weighted by molar-refractivity contribution is 5.78. The lowest BCUT2D eigenvalue weighted by Crippen LogP contribution is -2.29. The number of aromatic nitrogens is 8. The van der Waals surface area contributed by atoms with Gasteiger partial charge >= 0.3 is 5.97 Å². The summed E-state index contributed by atoms with van der Waals surface area (Å²) >= 11 is 0. The Labute approximate surface area is 247 Å². The smallest absolute Gasteiger partial charge is 0.303 e. The minimum atomic E-state index is -0.368. The minimum Gasteiger partial charge on any atom is -0.457 e. The number of rotatable bonds is 4. The van der Waals surface area contributed by atoms with Gasteiger partial charge in [-0.15, -0.1) is 10.2 Å². The first-order chi connectivity index (χ1) is 20.2. The first-order valence-electron chi connectivity index (χ1n) is 14.7. The predicted octanol–water partition coefficient (Wildman–Crippen LogP) is 6.11. The van der Waals surface area contributed by atoms with Gasteiger partial charge in [-0.1, -0.05) is 67.1 Å². The molecule has 220 valence electrons. The number of ether oxygens (including phenoxy) is 1. The van der Waals surface area contributed by atoms with Gasteiger partial charge in [0.1, 0.15) is 6.10 Å². The summed E-state index contributed by atoms with van der Waals surface area (Å²) in [5.74, 6) is 1.37. The third kappa shape index (κ3) is 6.48.